The molecule has 2 heteroatoms. The van der Waals surface area contributed by atoms with E-state index >= 15 is 0 Å². The number of benzene rings is 1. The molecule has 1 N–H and O–H groups in total. The third-order valence-corrected chi connectivity index (χ3v) is 2.84. The second-order valence-corrected chi connectivity index (χ2v) is 4.18. The molecule has 0 aliphatic carbocycles. The molecule has 0 saturated heterocycles. The standard InChI is InChI=1S/C15H18N2/c1-13-6-5-10-17-15(13)12-16-11-9-14-7-3-2-4-8-14/h2-8,10,16H,9,11-12H2,1H3. The minimum absolute atomic E-state index is 0.847. The largest absolute Gasteiger partial charge is 0.311 e. The van der Waals surface area contributed by atoms with Gasteiger partial charge in [-0.15, -0.1) is 0 Å². The van der Waals surface area contributed by atoms with E-state index in [0.29, 0.717) is 0 Å². The highest BCUT2D eigenvalue weighted by Gasteiger charge is 1.97. The summed E-state index contributed by atoms with van der Waals surface area (Å²) in [5, 5.41) is 3.43. The monoisotopic (exact) mass is 226 g/mol. The first-order chi connectivity index (χ1) is 8.36. The number of aromatic nitrogens is 1. The average Bonchev–Trinajstić information content (AvgIpc) is 2.38. The van der Waals surface area contributed by atoms with Crippen LogP contribution >= 0.6 is 0 Å². The van der Waals surface area contributed by atoms with Gasteiger partial charge in [0.05, 0.1) is 5.69 Å². The maximum atomic E-state index is 4.36. The van der Waals surface area contributed by atoms with Crippen molar-refractivity contribution in [2.75, 3.05) is 6.54 Å². The van der Waals surface area contributed by atoms with E-state index in [1.807, 2.05) is 18.3 Å². The first-order valence-electron chi connectivity index (χ1n) is 6.01. The molecule has 1 heterocycles. The molecule has 0 fully saturated rings. The van der Waals surface area contributed by atoms with Gasteiger partial charge in [-0.2, -0.15) is 0 Å². The summed E-state index contributed by atoms with van der Waals surface area (Å²) in [6.45, 7) is 3.93. The fourth-order valence-electron chi connectivity index (χ4n) is 1.79. The first kappa shape index (κ1) is 11.8. The van der Waals surface area contributed by atoms with Crippen molar-refractivity contribution >= 4 is 0 Å². The van der Waals surface area contributed by atoms with Gasteiger partial charge in [0.2, 0.25) is 0 Å². The van der Waals surface area contributed by atoms with Crippen molar-refractivity contribution < 1.29 is 0 Å². The lowest BCUT2D eigenvalue weighted by molar-refractivity contribution is 0.672. The minimum Gasteiger partial charge on any atom is -0.311 e. The molecule has 88 valence electrons. The molecule has 1 aromatic carbocycles. The summed E-state index contributed by atoms with van der Waals surface area (Å²) in [5.74, 6) is 0. The summed E-state index contributed by atoms with van der Waals surface area (Å²) < 4.78 is 0. The van der Waals surface area contributed by atoms with Gasteiger partial charge in [0.25, 0.3) is 0 Å². The van der Waals surface area contributed by atoms with Crippen molar-refractivity contribution in [2.45, 2.75) is 19.9 Å². The molecule has 0 saturated carbocycles. The number of aryl methyl sites for hydroxylation is 1. The third-order valence-electron chi connectivity index (χ3n) is 2.84. The Labute approximate surface area is 103 Å². The summed E-state index contributed by atoms with van der Waals surface area (Å²) in [6, 6.07) is 14.6. The van der Waals surface area contributed by atoms with E-state index in [2.05, 4.69) is 47.6 Å². The zero-order chi connectivity index (χ0) is 11.9. The molecule has 0 spiro atoms. The summed E-state index contributed by atoms with van der Waals surface area (Å²) in [7, 11) is 0. The molecule has 2 aromatic rings. The van der Waals surface area contributed by atoms with E-state index in [1.54, 1.807) is 0 Å². The van der Waals surface area contributed by atoms with E-state index in [-0.39, 0.29) is 0 Å². The van der Waals surface area contributed by atoms with Crippen LogP contribution < -0.4 is 5.32 Å². The van der Waals surface area contributed by atoms with Crippen LogP contribution in [0.15, 0.2) is 48.7 Å². The van der Waals surface area contributed by atoms with Crippen LogP contribution in [0, 0.1) is 6.92 Å². The zero-order valence-electron chi connectivity index (χ0n) is 10.2. The number of nitrogens with zero attached hydrogens (tertiary/aromatic N) is 1. The second-order valence-electron chi connectivity index (χ2n) is 4.18. The summed E-state index contributed by atoms with van der Waals surface area (Å²) in [6.07, 6.45) is 2.91. The van der Waals surface area contributed by atoms with Gasteiger partial charge < -0.3 is 5.32 Å². The van der Waals surface area contributed by atoms with E-state index < -0.39 is 0 Å². The number of hydrogen-bond donors (Lipinski definition) is 1. The van der Waals surface area contributed by atoms with Crippen LogP contribution in [-0.2, 0) is 13.0 Å². The van der Waals surface area contributed by atoms with Crippen molar-refractivity contribution in [3.05, 3.63) is 65.5 Å². The van der Waals surface area contributed by atoms with Gasteiger partial charge in [0.15, 0.2) is 0 Å². The van der Waals surface area contributed by atoms with Crippen molar-refractivity contribution in [2.24, 2.45) is 0 Å². The Morgan fingerprint density at radius 2 is 1.88 bits per heavy atom. The molecule has 0 aliphatic heterocycles. The lowest BCUT2D eigenvalue weighted by Crippen LogP contribution is -2.18. The Balaban J connectivity index is 1.76. The highest BCUT2D eigenvalue weighted by molar-refractivity contribution is 5.17. The lowest BCUT2D eigenvalue weighted by Gasteiger charge is -2.06. The number of nitrogens with one attached hydrogen (secondary N) is 1. The normalized spacial score (nSPS) is 10.4. The van der Waals surface area contributed by atoms with E-state index in [0.717, 1.165) is 25.2 Å². The zero-order valence-corrected chi connectivity index (χ0v) is 10.2. The van der Waals surface area contributed by atoms with Gasteiger partial charge in [0, 0.05) is 12.7 Å². The quantitative estimate of drug-likeness (QED) is 0.793. The van der Waals surface area contributed by atoms with E-state index in [1.165, 1.54) is 11.1 Å². The maximum Gasteiger partial charge on any atom is 0.0570 e. The molecule has 17 heavy (non-hydrogen) atoms. The maximum absolute atomic E-state index is 4.36. The van der Waals surface area contributed by atoms with Gasteiger partial charge >= 0.3 is 0 Å². The van der Waals surface area contributed by atoms with Crippen molar-refractivity contribution in [1.29, 1.82) is 0 Å². The van der Waals surface area contributed by atoms with Crippen LogP contribution in [0.4, 0.5) is 0 Å². The van der Waals surface area contributed by atoms with Gasteiger partial charge in [-0.05, 0) is 37.1 Å². The number of rotatable bonds is 5. The smallest absolute Gasteiger partial charge is 0.0570 e. The van der Waals surface area contributed by atoms with Gasteiger partial charge in [-0.1, -0.05) is 36.4 Å². The average molecular weight is 226 g/mol. The van der Waals surface area contributed by atoms with Crippen molar-refractivity contribution in [1.82, 2.24) is 10.3 Å². The highest BCUT2D eigenvalue weighted by Crippen LogP contribution is 2.02. The van der Waals surface area contributed by atoms with Gasteiger partial charge in [0.1, 0.15) is 0 Å². The molecule has 2 rings (SSSR count). The van der Waals surface area contributed by atoms with Crippen LogP contribution in [-0.4, -0.2) is 11.5 Å². The predicted octanol–water partition coefficient (Wildman–Crippen LogP) is 2.72. The van der Waals surface area contributed by atoms with E-state index in [9.17, 15) is 0 Å². The predicted molar refractivity (Wildman–Crippen MR) is 70.8 cm³/mol. The van der Waals surface area contributed by atoms with Crippen LogP contribution in [0.2, 0.25) is 0 Å². The molecule has 0 radical (unpaired) electrons. The third kappa shape index (κ3) is 3.68. The molecule has 1 aromatic heterocycles. The first-order valence-corrected chi connectivity index (χ1v) is 6.01. The molecule has 0 aliphatic rings. The Morgan fingerprint density at radius 1 is 1.06 bits per heavy atom. The minimum atomic E-state index is 0.847. The van der Waals surface area contributed by atoms with Crippen LogP contribution in [0.3, 0.4) is 0 Å². The topological polar surface area (TPSA) is 24.9 Å². The van der Waals surface area contributed by atoms with Crippen LogP contribution in [0.1, 0.15) is 16.8 Å². The van der Waals surface area contributed by atoms with Crippen molar-refractivity contribution in [3.8, 4) is 0 Å². The fraction of sp³-hybridized carbons (Fsp3) is 0.267. The molecule has 0 unspecified atom stereocenters. The summed E-state index contributed by atoms with van der Waals surface area (Å²) >= 11 is 0. The Bertz CT molecular complexity index is 451. The molecular weight excluding hydrogens is 208 g/mol. The molecular formula is C15H18N2. The van der Waals surface area contributed by atoms with Gasteiger partial charge in [-0.25, -0.2) is 0 Å². The second kappa shape index (κ2) is 6.16. The van der Waals surface area contributed by atoms with Gasteiger partial charge in [-0.3, -0.25) is 4.98 Å². The van der Waals surface area contributed by atoms with E-state index in [4.69, 9.17) is 0 Å². The summed E-state index contributed by atoms with van der Waals surface area (Å²) in [4.78, 5) is 4.36. The lowest BCUT2D eigenvalue weighted by atomic mass is 10.1. The number of pyridine rings is 1. The number of hydrogen-bond acceptors (Lipinski definition) is 2. The molecule has 0 amide bonds. The Morgan fingerprint density at radius 3 is 2.65 bits per heavy atom. The highest BCUT2D eigenvalue weighted by atomic mass is 14.9. The summed E-state index contributed by atoms with van der Waals surface area (Å²) in [5.41, 5.74) is 3.76. The molecule has 0 bridgehead atoms. The Hall–Kier alpha value is -1.67. The molecule has 0 atom stereocenters. The van der Waals surface area contributed by atoms with Crippen LogP contribution in [0.5, 0.6) is 0 Å². The fourth-order valence-corrected chi connectivity index (χ4v) is 1.79. The van der Waals surface area contributed by atoms with Crippen LogP contribution in [0.25, 0.3) is 0 Å². The van der Waals surface area contributed by atoms with Crippen molar-refractivity contribution in [3.63, 3.8) is 0 Å². The Kier molecular flexibility index (Phi) is 4.28. The molecule has 2 nitrogen and oxygen atoms in total. The SMILES string of the molecule is Cc1cccnc1CNCCc1ccccc1.